The largest absolute Gasteiger partial charge is 0.464 e. The average Bonchev–Trinajstić information content (AvgIpc) is 2.39. The maximum absolute atomic E-state index is 11.8. The number of nitro benzene ring substituents is 1. The molecule has 0 heterocycles. The highest BCUT2D eigenvalue weighted by atomic mass is 16.6. The third-order valence-corrected chi connectivity index (χ3v) is 2.31. The molecule has 1 aromatic rings. The van der Waals surface area contributed by atoms with Crippen molar-refractivity contribution in [3.63, 3.8) is 0 Å². The smallest absolute Gasteiger partial charge is 0.328 e. The van der Waals surface area contributed by atoms with Crippen LogP contribution in [0.1, 0.15) is 24.2 Å². The molecule has 0 bridgehead atoms. The number of nitrogens with zero attached hydrogens (tertiary/aromatic N) is 1. The maximum Gasteiger partial charge on any atom is 0.328 e. The molecular weight excluding hydrogens is 252 g/mol. The number of hydrogen-bond acceptors (Lipinski definition) is 5. The molecule has 1 amide bonds. The van der Waals surface area contributed by atoms with Gasteiger partial charge in [-0.3, -0.25) is 14.9 Å². The molecule has 0 fully saturated rings. The van der Waals surface area contributed by atoms with Gasteiger partial charge in [0.2, 0.25) is 0 Å². The topological polar surface area (TPSA) is 98.5 Å². The van der Waals surface area contributed by atoms with Gasteiger partial charge in [0.15, 0.2) is 0 Å². The molecule has 102 valence electrons. The molecule has 0 aliphatic rings. The van der Waals surface area contributed by atoms with Gasteiger partial charge in [0.1, 0.15) is 6.04 Å². The number of benzene rings is 1. The van der Waals surface area contributed by atoms with Gasteiger partial charge in [-0.2, -0.15) is 0 Å². The predicted molar refractivity (Wildman–Crippen MR) is 66.7 cm³/mol. The van der Waals surface area contributed by atoms with Crippen LogP contribution in [-0.4, -0.2) is 29.4 Å². The summed E-state index contributed by atoms with van der Waals surface area (Å²) in [5.74, 6) is -1.12. The highest BCUT2D eigenvalue weighted by molar-refractivity contribution is 5.97. The lowest BCUT2D eigenvalue weighted by Gasteiger charge is -2.12. The molecule has 0 radical (unpaired) electrons. The number of amides is 1. The lowest BCUT2D eigenvalue weighted by atomic mass is 10.2. The lowest BCUT2D eigenvalue weighted by Crippen LogP contribution is -2.39. The van der Waals surface area contributed by atoms with Crippen LogP contribution in [0.5, 0.6) is 0 Å². The van der Waals surface area contributed by atoms with Crippen LogP contribution in [0.4, 0.5) is 5.69 Å². The molecule has 7 heteroatoms. The second-order valence-corrected chi connectivity index (χ2v) is 3.75. The number of esters is 1. The van der Waals surface area contributed by atoms with Gasteiger partial charge in [0, 0.05) is 17.7 Å². The fourth-order valence-electron chi connectivity index (χ4n) is 1.37. The zero-order chi connectivity index (χ0) is 14.4. The molecule has 0 aromatic heterocycles. The minimum absolute atomic E-state index is 0.116. The molecule has 0 saturated carbocycles. The van der Waals surface area contributed by atoms with E-state index in [4.69, 9.17) is 4.74 Å². The van der Waals surface area contributed by atoms with Crippen molar-refractivity contribution in [3.05, 3.63) is 39.9 Å². The number of non-ortho nitro benzene ring substituents is 1. The molecule has 1 atom stereocenters. The Hall–Kier alpha value is -2.44. The van der Waals surface area contributed by atoms with E-state index in [1.54, 1.807) is 6.92 Å². The Balaban J connectivity index is 2.75. The molecule has 0 spiro atoms. The number of carbonyl (C=O) groups is 2. The Labute approximate surface area is 109 Å². The van der Waals surface area contributed by atoms with Crippen LogP contribution in [-0.2, 0) is 9.53 Å². The Morgan fingerprint density at radius 2 is 2.16 bits per heavy atom. The quantitative estimate of drug-likeness (QED) is 0.491. The van der Waals surface area contributed by atoms with Gasteiger partial charge in [-0.1, -0.05) is 6.07 Å². The number of carbonyl (C=O) groups excluding carboxylic acids is 2. The van der Waals surface area contributed by atoms with Crippen LogP contribution in [0.25, 0.3) is 0 Å². The highest BCUT2D eigenvalue weighted by Gasteiger charge is 2.18. The van der Waals surface area contributed by atoms with Crippen LogP contribution < -0.4 is 5.32 Å². The Kier molecular flexibility index (Phi) is 4.99. The van der Waals surface area contributed by atoms with E-state index in [1.807, 2.05) is 0 Å². The highest BCUT2D eigenvalue weighted by Crippen LogP contribution is 2.13. The fraction of sp³-hybridized carbons (Fsp3) is 0.333. The summed E-state index contributed by atoms with van der Waals surface area (Å²) in [6, 6.07) is 4.45. The van der Waals surface area contributed by atoms with E-state index in [-0.39, 0.29) is 17.9 Å². The van der Waals surface area contributed by atoms with E-state index >= 15 is 0 Å². The van der Waals surface area contributed by atoms with Crippen molar-refractivity contribution >= 4 is 17.6 Å². The normalized spacial score (nSPS) is 11.5. The van der Waals surface area contributed by atoms with E-state index < -0.39 is 22.8 Å². The summed E-state index contributed by atoms with van der Waals surface area (Å²) in [4.78, 5) is 33.1. The van der Waals surface area contributed by atoms with Gasteiger partial charge in [-0.05, 0) is 19.9 Å². The SMILES string of the molecule is CCOC(=O)C(C)NC(=O)c1cccc([N+](=O)[O-])c1. The first-order valence-corrected chi connectivity index (χ1v) is 5.67. The van der Waals surface area contributed by atoms with Gasteiger partial charge in [-0.15, -0.1) is 0 Å². The van der Waals surface area contributed by atoms with E-state index in [1.165, 1.54) is 25.1 Å². The Morgan fingerprint density at radius 1 is 1.47 bits per heavy atom. The molecule has 1 rings (SSSR count). The van der Waals surface area contributed by atoms with Gasteiger partial charge in [0.05, 0.1) is 11.5 Å². The maximum atomic E-state index is 11.8. The van der Waals surface area contributed by atoms with Crippen molar-refractivity contribution < 1.29 is 19.2 Å². The molecule has 1 aromatic carbocycles. The zero-order valence-corrected chi connectivity index (χ0v) is 10.6. The first kappa shape index (κ1) is 14.6. The summed E-state index contributed by atoms with van der Waals surface area (Å²) in [6.45, 7) is 3.36. The molecule has 0 aliphatic carbocycles. The lowest BCUT2D eigenvalue weighted by molar-refractivity contribution is -0.384. The first-order valence-electron chi connectivity index (χ1n) is 5.67. The summed E-state index contributed by atoms with van der Waals surface area (Å²) in [7, 11) is 0. The molecule has 1 N–H and O–H groups in total. The standard InChI is InChI=1S/C12H14N2O5/c1-3-19-12(16)8(2)13-11(15)9-5-4-6-10(7-9)14(17)18/h4-8H,3H2,1-2H3,(H,13,15). The predicted octanol–water partition coefficient (Wildman–Crippen LogP) is 1.28. The molecule has 0 saturated heterocycles. The minimum Gasteiger partial charge on any atom is -0.464 e. The van der Waals surface area contributed by atoms with Crippen molar-refractivity contribution in [2.45, 2.75) is 19.9 Å². The number of rotatable bonds is 5. The molecule has 7 nitrogen and oxygen atoms in total. The van der Waals surface area contributed by atoms with Crippen LogP contribution >= 0.6 is 0 Å². The Bertz CT molecular complexity index is 501. The van der Waals surface area contributed by atoms with Crippen molar-refractivity contribution in [1.29, 1.82) is 0 Å². The summed E-state index contributed by atoms with van der Waals surface area (Å²) < 4.78 is 4.74. The molecule has 19 heavy (non-hydrogen) atoms. The fourth-order valence-corrected chi connectivity index (χ4v) is 1.37. The van der Waals surface area contributed by atoms with Crippen molar-refractivity contribution in [2.75, 3.05) is 6.61 Å². The number of nitrogens with one attached hydrogen (secondary N) is 1. The van der Waals surface area contributed by atoms with Gasteiger partial charge < -0.3 is 10.1 Å². The van der Waals surface area contributed by atoms with E-state index in [2.05, 4.69) is 5.32 Å². The monoisotopic (exact) mass is 266 g/mol. The number of ether oxygens (including phenoxy) is 1. The molecular formula is C12H14N2O5. The molecule has 0 aliphatic heterocycles. The van der Waals surface area contributed by atoms with Crippen LogP contribution in [0.15, 0.2) is 24.3 Å². The second-order valence-electron chi connectivity index (χ2n) is 3.75. The average molecular weight is 266 g/mol. The van der Waals surface area contributed by atoms with Crippen LogP contribution in [0.2, 0.25) is 0 Å². The van der Waals surface area contributed by atoms with Gasteiger partial charge >= 0.3 is 5.97 Å². The van der Waals surface area contributed by atoms with E-state index in [9.17, 15) is 19.7 Å². The number of nitro groups is 1. The molecule has 1 unspecified atom stereocenters. The van der Waals surface area contributed by atoms with Crippen molar-refractivity contribution in [1.82, 2.24) is 5.32 Å². The third kappa shape index (κ3) is 4.06. The first-order chi connectivity index (χ1) is 8.95. The van der Waals surface area contributed by atoms with Crippen LogP contribution in [0.3, 0.4) is 0 Å². The summed E-state index contributed by atoms with van der Waals surface area (Å²) in [6.07, 6.45) is 0. The zero-order valence-electron chi connectivity index (χ0n) is 10.6. The number of hydrogen-bond donors (Lipinski definition) is 1. The van der Waals surface area contributed by atoms with Crippen molar-refractivity contribution in [2.24, 2.45) is 0 Å². The third-order valence-electron chi connectivity index (χ3n) is 2.31. The Morgan fingerprint density at radius 3 is 2.74 bits per heavy atom. The summed E-state index contributed by atoms with van der Waals surface area (Å²) in [5, 5.41) is 13.0. The van der Waals surface area contributed by atoms with Gasteiger partial charge in [-0.25, -0.2) is 4.79 Å². The van der Waals surface area contributed by atoms with Crippen LogP contribution in [0, 0.1) is 10.1 Å². The van der Waals surface area contributed by atoms with E-state index in [0.29, 0.717) is 0 Å². The minimum atomic E-state index is -0.813. The second kappa shape index (κ2) is 6.48. The summed E-state index contributed by atoms with van der Waals surface area (Å²) in [5.41, 5.74) is -0.0678. The summed E-state index contributed by atoms with van der Waals surface area (Å²) >= 11 is 0. The van der Waals surface area contributed by atoms with E-state index in [0.717, 1.165) is 6.07 Å². The van der Waals surface area contributed by atoms with Crippen molar-refractivity contribution in [3.8, 4) is 0 Å². The van der Waals surface area contributed by atoms with Gasteiger partial charge in [0.25, 0.3) is 11.6 Å².